The lowest BCUT2D eigenvalue weighted by Crippen LogP contribution is -2.37. The minimum atomic E-state index is -0.555. The van der Waals surface area contributed by atoms with Crippen molar-refractivity contribution < 1.29 is 8.78 Å². The van der Waals surface area contributed by atoms with Gasteiger partial charge in [-0.3, -0.25) is 4.90 Å². The van der Waals surface area contributed by atoms with Crippen molar-refractivity contribution in [1.82, 2.24) is 4.90 Å². The van der Waals surface area contributed by atoms with Crippen LogP contribution in [0.2, 0.25) is 0 Å². The molecule has 0 radical (unpaired) electrons. The molecule has 2 nitrogen and oxygen atoms in total. The van der Waals surface area contributed by atoms with E-state index in [1.165, 1.54) is 23.3 Å². The molecule has 1 heterocycles. The molecule has 1 aliphatic rings. The molecule has 2 aromatic rings. The van der Waals surface area contributed by atoms with Crippen molar-refractivity contribution in [2.24, 2.45) is 5.73 Å². The molecular weight excluding hydrogens is 270 g/mol. The number of hydrogen-bond donors (Lipinski definition) is 1. The van der Waals surface area contributed by atoms with Gasteiger partial charge in [-0.15, -0.1) is 0 Å². The van der Waals surface area contributed by atoms with E-state index < -0.39 is 11.6 Å². The summed E-state index contributed by atoms with van der Waals surface area (Å²) in [6.45, 7) is 1.94. The van der Waals surface area contributed by atoms with E-state index in [1.807, 2.05) is 12.1 Å². The van der Waals surface area contributed by atoms with Crippen LogP contribution in [0.5, 0.6) is 0 Å². The van der Waals surface area contributed by atoms with Crippen LogP contribution < -0.4 is 5.73 Å². The van der Waals surface area contributed by atoms with Gasteiger partial charge in [0.15, 0.2) is 0 Å². The van der Waals surface area contributed by atoms with Crippen LogP contribution in [0.25, 0.3) is 0 Å². The smallest absolute Gasteiger partial charge is 0.126 e. The van der Waals surface area contributed by atoms with Gasteiger partial charge in [-0.05, 0) is 35.2 Å². The first kappa shape index (κ1) is 14.2. The molecule has 0 amide bonds. The minimum absolute atomic E-state index is 0.163. The maximum Gasteiger partial charge on any atom is 0.126 e. The molecular formula is C17H18F2N2. The van der Waals surface area contributed by atoms with Crippen LogP contribution in [0.4, 0.5) is 8.78 Å². The lowest BCUT2D eigenvalue weighted by atomic mass is 9.96. The van der Waals surface area contributed by atoms with Crippen molar-refractivity contribution in [3.8, 4) is 0 Å². The molecule has 1 atom stereocenters. The molecule has 3 rings (SSSR count). The third-order valence-electron chi connectivity index (χ3n) is 4.09. The lowest BCUT2D eigenvalue weighted by molar-refractivity contribution is 0.183. The van der Waals surface area contributed by atoms with E-state index in [9.17, 15) is 8.78 Å². The second-order valence-electron chi connectivity index (χ2n) is 5.44. The van der Waals surface area contributed by atoms with Gasteiger partial charge in [0.2, 0.25) is 0 Å². The van der Waals surface area contributed by atoms with E-state index in [0.717, 1.165) is 25.6 Å². The fraction of sp³-hybridized carbons (Fsp3) is 0.294. The first-order chi connectivity index (χ1) is 10.2. The van der Waals surface area contributed by atoms with Crippen LogP contribution in [0.15, 0.2) is 42.5 Å². The topological polar surface area (TPSA) is 29.3 Å². The third kappa shape index (κ3) is 2.96. The first-order valence-corrected chi connectivity index (χ1v) is 7.14. The Bertz CT molecular complexity index is 622. The van der Waals surface area contributed by atoms with E-state index in [4.69, 9.17) is 5.73 Å². The van der Waals surface area contributed by atoms with Gasteiger partial charge in [-0.2, -0.15) is 0 Å². The summed E-state index contributed by atoms with van der Waals surface area (Å²) in [5.41, 5.74) is 9.08. The fourth-order valence-corrected chi connectivity index (χ4v) is 3.05. The molecule has 0 bridgehead atoms. The summed E-state index contributed by atoms with van der Waals surface area (Å²) in [5, 5.41) is 0. The standard InChI is InChI=1S/C17H18F2N2/c18-15-7-14(8-16(19)9-15)17(10-20)21-6-5-12-3-1-2-4-13(12)11-21/h1-4,7-9,17H,5-6,10-11,20H2. The summed E-state index contributed by atoms with van der Waals surface area (Å²) in [6, 6.07) is 11.8. The quantitative estimate of drug-likeness (QED) is 0.940. The van der Waals surface area contributed by atoms with Gasteiger partial charge in [0, 0.05) is 31.7 Å². The minimum Gasteiger partial charge on any atom is -0.329 e. The number of hydrogen-bond acceptors (Lipinski definition) is 2. The van der Waals surface area contributed by atoms with E-state index in [1.54, 1.807) is 0 Å². The van der Waals surface area contributed by atoms with Crippen LogP contribution in [0.1, 0.15) is 22.7 Å². The van der Waals surface area contributed by atoms with Gasteiger partial charge in [-0.1, -0.05) is 24.3 Å². The zero-order chi connectivity index (χ0) is 14.8. The van der Waals surface area contributed by atoms with Crippen molar-refractivity contribution in [1.29, 1.82) is 0 Å². The Morgan fingerprint density at radius 3 is 2.38 bits per heavy atom. The Balaban J connectivity index is 1.88. The number of nitrogens with two attached hydrogens (primary N) is 1. The zero-order valence-corrected chi connectivity index (χ0v) is 11.7. The van der Waals surface area contributed by atoms with Crippen LogP contribution in [0, 0.1) is 11.6 Å². The van der Waals surface area contributed by atoms with Crippen LogP contribution in [-0.2, 0) is 13.0 Å². The molecule has 4 heteroatoms. The maximum absolute atomic E-state index is 13.4. The zero-order valence-electron chi connectivity index (χ0n) is 11.7. The van der Waals surface area contributed by atoms with E-state index in [0.29, 0.717) is 12.1 Å². The molecule has 0 saturated heterocycles. The van der Waals surface area contributed by atoms with Crippen LogP contribution in [-0.4, -0.2) is 18.0 Å². The summed E-state index contributed by atoms with van der Waals surface area (Å²) in [6.07, 6.45) is 0.935. The molecule has 0 aromatic heterocycles. The first-order valence-electron chi connectivity index (χ1n) is 7.14. The van der Waals surface area contributed by atoms with Crippen molar-refractivity contribution in [2.45, 2.75) is 19.0 Å². The number of halogens is 2. The number of fused-ring (bicyclic) bond motifs is 1. The van der Waals surface area contributed by atoms with Crippen molar-refractivity contribution in [3.63, 3.8) is 0 Å². The van der Waals surface area contributed by atoms with Gasteiger partial charge >= 0.3 is 0 Å². The summed E-state index contributed by atoms with van der Waals surface area (Å²) in [4.78, 5) is 2.19. The van der Waals surface area contributed by atoms with Crippen molar-refractivity contribution >= 4 is 0 Å². The molecule has 110 valence electrons. The highest BCUT2D eigenvalue weighted by molar-refractivity contribution is 5.30. The Morgan fingerprint density at radius 1 is 1.05 bits per heavy atom. The van der Waals surface area contributed by atoms with Gasteiger partial charge < -0.3 is 5.73 Å². The molecule has 0 spiro atoms. The second kappa shape index (κ2) is 5.92. The van der Waals surface area contributed by atoms with E-state index >= 15 is 0 Å². The molecule has 2 N–H and O–H groups in total. The van der Waals surface area contributed by atoms with Crippen LogP contribution >= 0.6 is 0 Å². The average molecular weight is 288 g/mol. The van der Waals surface area contributed by atoms with Gasteiger partial charge in [0.1, 0.15) is 11.6 Å². The van der Waals surface area contributed by atoms with Crippen LogP contribution in [0.3, 0.4) is 0 Å². The number of benzene rings is 2. The van der Waals surface area contributed by atoms with Gasteiger partial charge in [-0.25, -0.2) is 8.78 Å². The molecule has 1 aliphatic heterocycles. The Hall–Kier alpha value is -1.78. The fourth-order valence-electron chi connectivity index (χ4n) is 3.05. The van der Waals surface area contributed by atoms with Gasteiger partial charge in [0.25, 0.3) is 0 Å². The normalized spacial score (nSPS) is 16.5. The summed E-state index contributed by atoms with van der Waals surface area (Å²) >= 11 is 0. The summed E-state index contributed by atoms with van der Waals surface area (Å²) in [7, 11) is 0. The Kier molecular flexibility index (Phi) is 3.99. The summed E-state index contributed by atoms with van der Waals surface area (Å²) < 4.78 is 26.9. The second-order valence-corrected chi connectivity index (χ2v) is 5.44. The SMILES string of the molecule is NCC(c1cc(F)cc(F)c1)N1CCc2ccccc2C1. The predicted molar refractivity (Wildman–Crippen MR) is 78.7 cm³/mol. The summed E-state index contributed by atoms with van der Waals surface area (Å²) in [5.74, 6) is -1.11. The van der Waals surface area contributed by atoms with Gasteiger partial charge in [0.05, 0.1) is 0 Å². The van der Waals surface area contributed by atoms with E-state index in [2.05, 4.69) is 17.0 Å². The van der Waals surface area contributed by atoms with Crippen molar-refractivity contribution in [2.75, 3.05) is 13.1 Å². The molecule has 1 unspecified atom stereocenters. The molecule has 0 fully saturated rings. The highest BCUT2D eigenvalue weighted by atomic mass is 19.1. The molecule has 2 aromatic carbocycles. The maximum atomic E-state index is 13.4. The van der Waals surface area contributed by atoms with Crippen molar-refractivity contribution in [3.05, 3.63) is 70.8 Å². The average Bonchev–Trinajstić information content (AvgIpc) is 2.47. The largest absolute Gasteiger partial charge is 0.329 e. The predicted octanol–water partition coefficient (Wildman–Crippen LogP) is 3.02. The number of nitrogens with zero attached hydrogens (tertiary/aromatic N) is 1. The molecule has 21 heavy (non-hydrogen) atoms. The lowest BCUT2D eigenvalue weighted by Gasteiger charge is -2.35. The Morgan fingerprint density at radius 2 is 1.71 bits per heavy atom. The molecule has 0 aliphatic carbocycles. The third-order valence-corrected chi connectivity index (χ3v) is 4.09. The highest BCUT2D eigenvalue weighted by Crippen LogP contribution is 2.28. The molecule has 0 saturated carbocycles. The highest BCUT2D eigenvalue weighted by Gasteiger charge is 2.24. The Labute approximate surface area is 123 Å². The van der Waals surface area contributed by atoms with E-state index in [-0.39, 0.29) is 6.04 Å². The number of rotatable bonds is 3. The monoisotopic (exact) mass is 288 g/mol.